The van der Waals surface area contributed by atoms with Gasteiger partial charge in [0.05, 0.1) is 0 Å². The normalized spacial score (nSPS) is 15.0. The van der Waals surface area contributed by atoms with E-state index in [0.29, 0.717) is 6.54 Å². The fourth-order valence-corrected chi connectivity index (χ4v) is 3.84. The number of pyridine rings is 1. The molecule has 1 aliphatic rings. The lowest BCUT2D eigenvalue weighted by Gasteiger charge is -2.36. The molecule has 1 fully saturated rings. The highest BCUT2D eigenvalue weighted by molar-refractivity contribution is 14.0. The molecule has 7 nitrogen and oxygen atoms in total. The van der Waals surface area contributed by atoms with Gasteiger partial charge in [-0.05, 0) is 24.1 Å². The number of nitrogens with zero attached hydrogens (tertiary/aromatic N) is 6. The smallest absolute Gasteiger partial charge is 0.194 e. The first-order valence-electron chi connectivity index (χ1n) is 11.1. The van der Waals surface area contributed by atoms with Crippen molar-refractivity contribution in [3.8, 4) is 5.82 Å². The van der Waals surface area contributed by atoms with Crippen molar-refractivity contribution in [1.82, 2.24) is 29.7 Å². The van der Waals surface area contributed by atoms with Crippen LogP contribution in [0.3, 0.4) is 0 Å². The number of hydrogen-bond donors (Lipinski definition) is 1. The molecule has 4 rings (SSSR count). The highest BCUT2D eigenvalue weighted by Gasteiger charge is 2.18. The van der Waals surface area contributed by atoms with Gasteiger partial charge in [0.1, 0.15) is 11.6 Å². The van der Waals surface area contributed by atoms with Crippen molar-refractivity contribution in [2.45, 2.75) is 13.5 Å². The van der Waals surface area contributed by atoms with Gasteiger partial charge in [-0.3, -0.25) is 14.5 Å². The number of aliphatic imine (C=N–C) groups is 1. The molecule has 0 unspecified atom stereocenters. The van der Waals surface area contributed by atoms with Crippen LogP contribution in [-0.4, -0.2) is 70.1 Å². The number of halogens is 1. The SMILES string of the molecule is CN=C(NCc1ccc(-n2ccnc2C)nc1)N1CCN(C/C=C/c2ccccc2)CC1.I. The van der Waals surface area contributed by atoms with Crippen molar-refractivity contribution < 1.29 is 0 Å². The number of aryl methyl sites for hydroxylation is 1. The summed E-state index contributed by atoms with van der Waals surface area (Å²) in [6, 6.07) is 14.6. The van der Waals surface area contributed by atoms with Crippen LogP contribution in [0, 0.1) is 6.92 Å². The van der Waals surface area contributed by atoms with Crippen LogP contribution in [0.4, 0.5) is 0 Å². The average molecular weight is 557 g/mol. The molecule has 0 aliphatic carbocycles. The van der Waals surface area contributed by atoms with Crippen molar-refractivity contribution in [3.05, 3.63) is 84.1 Å². The van der Waals surface area contributed by atoms with Gasteiger partial charge in [-0.25, -0.2) is 9.97 Å². The molecule has 8 heteroatoms. The van der Waals surface area contributed by atoms with Crippen LogP contribution in [0.15, 0.2) is 72.1 Å². The van der Waals surface area contributed by atoms with Crippen LogP contribution in [0.25, 0.3) is 11.9 Å². The third-order valence-electron chi connectivity index (χ3n) is 5.69. The molecule has 3 heterocycles. The van der Waals surface area contributed by atoms with Gasteiger partial charge in [-0.2, -0.15) is 0 Å². The van der Waals surface area contributed by atoms with E-state index in [4.69, 9.17) is 0 Å². The minimum Gasteiger partial charge on any atom is -0.352 e. The van der Waals surface area contributed by atoms with Gasteiger partial charge in [-0.1, -0.05) is 48.6 Å². The summed E-state index contributed by atoms with van der Waals surface area (Å²) in [4.78, 5) is 18.1. The van der Waals surface area contributed by atoms with Crippen LogP contribution in [-0.2, 0) is 6.54 Å². The van der Waals surface area contributed by atoms with Crippen LogP contribution in [0.2, 0.25) is 0 Å². The van der Waals surface area contributed by atoms with E-state index in [2.05, 4.69) is 72.6 Å². The van der Waals surface area contributed by atoms with Crippen LogP contribution >= 0.6 is 24.0 Å². The second kappa shape index (κ2) is 12.5. The molecule has 0 atom stereocenters. The number of guanidine groups is 1. The third kappa shape index (κ3) is 6.88. The second-order valence-electron chi connectivity index (χ2n) is 7.87. The van der Waals surface area contributed by atoms with Gasteiger partial charge in [0.2, 0.25) is 0 Å². The summed E-state index contributed by atoms with van der Waals surface area (Å²) in [5.74, 6) is 2.75. The minimum atomic E-state index is 0. The largest absolute Gasteiger partial charge is 0.352 e. The van der Waals surface area contributed by atoms with Crippen molar-refractivity contribution in [3.63, 3.8) is 0 Å². The number of rotatable bonds is 6. The first kappa shape index (κ1) is 24.9. The molecule has 174 valence electrons. The number of aromatic nitrogens is 3. The van der Waals surface area contributed by atoms with E-state index in [9.17, 15) is 0 Å². The Kier molecular flexibility index (Phi) is 9.44. The zero-order valence-electron chi connectivity index (χ0n) is 19.3. The molecule has 0 saturated carbocycles. The molecule has 1 N–H and O–H groups in total. The summed E-state index contributed by atoms with van der Waals surface area (Å²) in [7, 11) is 1.85. The maximum absolute atomic E-state index is 4.57. The van der Waals surface area contributed by atoms with E-state index in [0.717, 1.165) is 55.9 Å². The number of nitrogens with one attached hydrogen (secondary N) is 1. The topological polar surface area (TPSA) is 61.6 Å². The molecular formula is C25H32IN7. The maximum Gasteiger partial charge on any atom is 0.194 e. The lowest BCUT2D eigenvalue weighted by molar-refractivity contribution is 0.194. The summed E-state index contributed by atoms with van der Waals surface area (Å²) in [5, 5.41) is 3.48. The zero-order valence-corrected chi connectivity index (χ0v) is 21.6. The Morgan fingerprint density at radius 1 is 1.06 bits per heavy atom. The van der Waals surface area contributed by atoms with E-state index in [1.165, 1.54) is 5.56 Å². The molecule has 0 radical (unpaired) electrons. The van der Waals surface area contributed by atoms with Crippen molar-refractivity contribution in [2.75, 3.05) is 39.8 Å². The molecule has 33 heavy (non-hydrogen) atoms. The first-order valence-corrected chi connectivity index (χ1v) is 11.1. The van der Waals surface area contributed by atoms with Crippen molar-refractivity contribution in [1.29, 1.82) is 0 Å². The lowest BCUT2D eigenvalue weighted by Crippen LogP contribution is -2.52. The van der Waals surface area contributed by atoms with Gasteiger partial charge in [0.25, 0.3) is 0 Å². The molecule has 1 saturated heterocycles. The van der Waals surface area contributed by atoms with Crippen LogP contribution in [0.5, 0.6) is 0 Å². The van der Waals surface area contributed by atoms with Gasteiger partial charge in [-0.15, -0.1) is 24.0 Å². The Morgan fingerprint density at radius 2 is 1.85 bits per heavy atom. The second-order valence-corrected chi connectivity index (χ2v) is 7.87. The average Bonchev–Trinajstić information content (AvgIpc) is 3.27. The molecule has 1 aromatic carbocycles. The summed E-state index contributed by atoms with van der Waals surface area (Å²) < 4.78 is 1.98. The van der Waals surface area contributed by atoms with Gasteiger partial charge in [0, 0.05) is 64.9 Å². The molecule has 0 bridgehead atoms. The standard InChI is InChI=1S/C25H31N7.HI/c1-21-27-12-14-32(21)24-11-10-23(19-28-24)20-29-25(26-2)31-17-15-30(16-18-31)13-6-9-22-7-4-3-5-8-22;/h3-12,14,19H,13,15-18,20H2,1-2H3,(H,26,29);1H/b9-6+;. The van der Waals surface area contributed by atoms with Gasteiger partial charge >= 0.3 is 0 Å². The number of piperazine rings is 1. The molecular weight excluding hydrogens is 525 g/mol. The molecule has 0 amide bonds. The van der Waals surface area contributed by atoms with Crippen LogP contribution < -0.4 is 5.32 Å². The van der Waals surface area contributed by atoms with E-state index in [1.54, 1.807) is 6.20 Å². The predicted octanol–water partition coefficient (Wildman–Crippen LogP) is 3.60. The maximum atomic E-state index is 4.57. The fourth-order valence-electron chi connectivity index (χ4n) is 3.84. The van der Waals surface area contributed by atoms with E-state index >= 15 is 0 Å². The Hall–Kier alpha value is -2.72. The lowest BCUT2D eigenvalue weighted by atomic mass is 10.2. The summed E-state index contributed by atoms with van der Waals surface area (Å²) >= 11 is 0. The fraction of sp³-hybridized carbons (Fsp3) is 0.320. The first-order chi connectivity index (χ1) is 15.7. The van der Waals surface area contributed by atoms with Crippen LogP contribution in [0.1, 0.15) is 17.0 Å². The molecule has 0 spiro atoms. The monoisotopic (exact) mass is 557 g/mol. The quantitative estimate of drug-likeness (QED) is 0.285. The van der Waals surface area contributed by atoms with Gasteiger partial charge < -0.3 is 10.2 Å². The predicted molar refractivity (Wildman–Crippen MR) is 145 cm³/mol. The summed E-state index contributed by atoms with van der Waals surface area (Å²) in [6.45, 7) is 7.64. The van der Waals surface area contributed by atoms with Crippen molar-refractivity contribution in [2.24, 2.45) is 4.99 Å². The molecule has 2 aromatic heterocycles. The highest BCUT2D eigenvalue weighted by Crippen LogP contribution is 2.09. The summed E-state index contributed by atoms with van der Waals surface area (Å²) in [5.41, 5.74) is 2.37. The molecule has 3 aromatic rings. The van der Waals surface area contributed by atoms with Gasteiger partial charge in [0.15, 0.2) is 5.96 Å². The third-order valence-corrected chi connectivity index (χ3v) is 5.69. The zero-order chi connectivity index (χ0) is 22.2. The Balaban J connectivity index is 0.00000306. The van der Waals surface area contributed by atoms with E-state index in [-0.39, 0.29) is 24.0 Å². The Bertz CT molecular complexity index is 1040. The number of hydrogen-bond acceptors (Lipinski definition) is 4. The Morgan fingerprint density at radius 3 is 2.48 bits per heavy atom. The van der Waals surface area contributed by atoms with E-state index < -0.39 is 0 Å². The number of benzene rings is 1. The number of imidazole rings is 1. The summed E-state index contributed by atoms with van der Waals surface area (Å²) in [6.07, 6.45) is 10.1. The Labute approximate surface area is 213 Å². The van der Waals surface area contributed by atoms with E-state index in [1.807, 2.05) is 43.1 Å². The molecule has 1 aliphatic heterocycles. The minimum absolute atomic E-state index is 0. The highest BCUT2D eigenvalue weighted by atomic mass is 127. The van der Waals surface area contributed by atoms with Crippen molar-refractivity contribution >= 4 is 36.0 Å².